The number of benzene rings is 2. The summed E-state index contributed by atoms with van der Waals surface area (Å²) in [4.78, 5) is 14.9. The van der Waals surface area contributed by atoms with Gasteiger partial charge in [-0.15, -0.1) is 0 Å². The third kappa shape index (κ3) is 3.30. The molecule has 0 saturated carbocycles. The van der Waals surface area contributed by atoms with Gasteiger partial charge in [-0.3, -0.25) is 4.79 Å². The highest BCUT2D eigenvalue weighted by Gasteiger charge is 2.17. The van der Waals surface area contributed by atoms with Gasteiger partial charge in [0.1, 0.15) is 0 Å². The number of para-hydroxylation sites is 2. The Hall–Kier alpha value is -2.69. The minimum Gasteiger partial charge on any atom is -0.493 e. The Bertz CT molecular complexity index is 724. The first-order valence-electron chi connectivity index (χ1n) is 8.10. The van der Waals surface area contributed by atoms with E-state index in [9.17, 15) is 4.79 Å². The van der Waals surface area contributed by atoms with Gasteiger partial charge in [-0.1, -0.05) is 12.1 Å². The van der Waals surface area contributed by atoms with E-state index in [0.717, 1.165) is 24.5 Å². The summed E-state index contributed by atoms with van der Waals surface area (Å²) >= 11 is 0. The number of methoxy groups -OCH3 is 2. The highest BCUT2D eigenvalue weighted by atomic mass is 16.5. The fourth-order valence-electron chi connectivity index (χ4n) is 2.99. The molecule has 5 nitrogen and oxygen atoms in total. The van der Waals surface area contributed by atoms with Crippen LogP contribution in [0.25, 0.3) is 0 Å². The van der Waals surface area contributed by atoms with Crippen LogP contribution in [0.1, 0.15) is 23.2 Å². The molecule has 126 valence electrons. The van der Waals surface area contributed by atoms with Crippen LogP contribution in [-0.4, -0.2) is 33.2 Å². The lowest BCUT2D eigenvalue weighted by atomic mass is 10.1. The fraction of sp³-hybridized carbons (Fsp3) is 0.316. The van der Waals surface area contributed by atoms with Gasteiger partial charge < -0.3 is 19.7 Å². The molecule has 1 saturated heterocycles. The Morgan fingerprint density at radius 3 is 2.42 bits per heavy atom. The Morgan fingerprint density at radius 2 is 1.71 bits per heavy atom. The van der Waals surface area contributed by atoms with Gasteiger partial charge >= 0.3 is 0 Å². The summed E-state index contributed by atoms with van der Waals surface area (Å²) in [5, 5.41) is 3.02. The van der Waals surface area contributed by atoms with Crippen LogP contribution in [0, 0.1) is 0 Å². The fourth-order valence-corrected chi connectivity index (χ4v) is 2.99. The average Bonchev–Trinajstić information content (AvgIpc) is 3.16. The van der Waals surface area contributed by atoms with Gasteiger partial charge in [0.05, 0.1) is 25.6 Å². The molecule has 0 spiro atoms. The van der Waals surface area contributed by atoms with Crippen molar-refractivity contribution in [2.75, 3.05) is 37.5 Å². The number of anilines is 2. The number of carbonyl (C=O) groups excluding carboxylic acids is 1. The molecule has 0 radical (unpaired) electrons. The van der Waals surface area contributed by atoms with Crippen molar-refractivity contribution in [3.8, 4) is 11.5 Å². The molecule has 2 aromatic carbocycles. The normalized spacial score (nSPS) is 13.7. The van der Waals surface area contributed by atoms with Crippen LogP contribution in [0.3, 0.4) is 0 Å². The van der Waals surface area contributed by atoms with E-state index < -0.39 is 0 Å². The maximum atomic E-state index is 12.6. The summed E-state index contributed by atoms with van der Waals surface area (Å²) in [6.07, 6.45) is 2.38. The van der Waals surface area contributed by atoms with Crippen LogP contribution in [0.2, 0.25) is 0 Å². The number of nitrogens with one attached hydrogen (secondary N) is 1. The van der Waals surface area contributed by atoms with Gasteiger partial charge in [0.2, 0.25) is 0 Å². The molecular formula is C19H22N2O3. The van der Waals surface area contributed by atoms with Crippen LogP contribution in [0.4, 0.5) is 11.4 Å². The molecule has 1 heterocycles. The lowest BCUT2D eigenvalue weighted by Gasteiger charge is -2.21. The minimum absolute atomic E-state index is 0.164. The third-order valence-corrected chi connectivity index (χ3v) is 4.24. The zero-order valence-corrected chi connectivity index (χ0v) is 14.0. The first-order chi connectivity index (χ1) is 11.7. The predicted molar refractivity (Wildman–Crippen MR) is 95.4 cm³/mol. The molecule has 3 rings (SSSR count). The molecular weight excluding hydrogens is 304 g/mol. The van der Waals surface area contributed by atoms with E-state index in [1.165, 1.54) is 12.8 Å². The van der Waals surface area contributed by atoms with Gasteiger partial charge in [0.15, 0.2) is 11.5 Å². The number of hydrogen-bond donors (Lipinski definition) is 1. The molecule has 5 heteroatoms. The van der Waals surface area contributed by atoms with Crippen molar-refractivity contribution in [2.24, 2.45) is 0 Å². The monoisotopic (exact) mass is 326 g/mol. The van der Waals surface area contributed by atoms with E-state index in [4.69, 9.17) is 9.47 Å². The maximum Gasteiger partial charge on any atom is 0.255 e. The van der Waals surface area contributed by atoms with E-state index in [-0.39, 0.29) is 5.91 Å². The van der Waals surface area contributed by atoms with Gasteiger partial charge in [-0.25, -0.2) is 0 Å². The Labute approximate surface area is 142 Å². The zero-order chi connectivity index (χ0) is 16.9. The number of nitrogens with zero attached hydrogens (tertiary/aromatic N) is 1. The lowest BCUT2D eigenvalue weighted by molar-refractivity contribution is 0.102. The van der Waals surface area contributed by atoms with E-state index in [0.29, 0.717) is 17.1 Å². The Balaban J connectivity index is 1.82. The molecule has 24 heavy (non-hydrogen) atoms. The van der Waals surface area contributed by atoms with E-state index in [1.807, 2.05) is 18.2 Å². The zero-order valence-electron chi connectivity index (χ0n) is 14.0. The average molecular weight is 326 g/mol. The van der Waals surface area contributed by atoms with Crippen LogP contribution in [0.5, 0.6) is 11.5 Å². The summed E-state index contributed by atoms with van der Waals surface area (Å²) in [6.45, 7) is 2.06. The molecule has 0 unspecified atom stereocenters. The van der Waals surface area contributed by atoms with Crippen molar-refractivity contribution in [3.63, 3.8) is 0 Å². The van der Waals surface area contributed by atoms with Gasteiger partial charge in [-0.05, 0) is 43.2 Å². The van der Waals surface area contributed by atoms with E-state index in [2.05, 4.69) is 16.3 Å². The number of rotatable bonds is 5. The standard InChI is InChI=1S/C19H22N2O3/c1-23-17-10-9-14(13-18(17)24-2)19(22)20-15-7-3-4-8-16(15)21-11-5-6-12-21/h3-4,7-10,13H,5-6,11-12H2,1-2H3,(H,20,22). The minimum atomic E-state index is -0.164. The van der Waals surface area contributed by atoms with Crippen molar-refractivity contribution in [2.45, 2.75) is 12.8 Å². The highest BCUT2D eigenvalue weighted by molar-refractivity contribution is 6.06. The topological polar surface area (TPSA) is 50.8 Å². The molecule has 1 N–H and O–H groups in total. The molecule has 0 aliphatic carbocycles. The molecule has 1 aliphatic heterocycles. The number of carbonyl (C=O) groups is 1. The van der Waals surface area contributed by atoms with Gasteiger partial charge in [0, 0.05) is 18.7 Å². The smallest absolute Gasteiger partial charge is 0.255 e. The second kappa shape index (κ2) is 7.25. The van der Waals surface area contributed by atoms with E-state index in [1.54, 1.807) is 32.4 Å². The number of amides is 1. The molecule has 0 aromatic heterocycles. The number of ether oxygens (including phenoxy) is 2. The molecule has 0 atom stereocenters. The SMILES string of the molecule is COc1ccc(C(=O)Nc2ccccc2N2CCCC2)cc1OC. The third-order valence-electron chi connectivity index (χ3n) is 4.24. The van der Waals surface area contributed by atoms with Crippen LogP contribution < -0.4 is 19.7 Å². The van der Waals surface area contributed by atoms with Crippen LogP contribution in [0.15, 0.2) is 42.5 Å². The first-order valence-corrected chi connectivity index (χ1v) is 8.10. The molecule has 2 aromatic rings. The summed E-state index contributed by atoms with van der Waals surface area (Å²) in [5.74, 6) is 0.979. The highest BCUT2D eigenvalue weighted by Crippen LogP contribution is 2.31. The largest absolute Gasteiger partial charge is 0.493 e. The van der Waals surface area contributed by atoms with Gasteiger partial charge in [0.25, 0.3) is 5.91 Å². The van der Waals surface area contributed by atoms with Crippen molar-refractivity contribution >= 4 is 17.3 Å². The summed E-state index contributed by atoms with van der Waals surface area (Å²) in [6, 6.07) is 13.1. The second-order valence-electron chi connectivity index (χ2n) is 5.74. The summed E-state index contributed by atoms with van der Waals surface area (Å²) in [7, 11) is 3.13. The van der Waals surface area contributed by atoms with Crippen molar-refractivity contribution in [1.82, 2.24) is 0 Å². The predicted octanol–water partition coefficient (Wildman–Crippen LogP) is 3.56. The van der Waals surface area contributed by atoms with Crippen molar-refractivity contribution in [3.05, 3.63) is 48.0 Å². The van der Waals surface area contributed by atoms with Crippen molar-refractivity contribution < 1.29 is 14.3 Å². The summed E-state index contributed by atoms with van der Waals surface area (Å²) < 4.78 is 10.5. The van der Waals surface area contributed by atoms with Crippen LogP contribution >= 0.6 is 0 Å². The molecule has 0 bridgehead atoms. The number of hydrogen-bond acceptors (Lipinski definition) is 4. The maximum absolute atomic E-state index is 12.6. The second-order valence-corrected chi connectivity index (χ2v) is 5.74. The Morgan fingerprint density at radius 1 is 1.00 bits per heavy atom. The molecule has 1 aliphatic rings. The van der Waals surface area contributed by atoms with Gasteiger partial charge in [-0.2, -0.15) is 0 Å². The molecule has 1 amide bonds. The molecule has 1 fully saturated rings. The summed E-state index contributed by atoms with van der Waals surface area (Å²) in [5.41, 5.74) is 2.44. The Kier molecular flexibility index (Phi) is 4.89. The van der Waals surface area contributed by atoms with Crippen molar-refractivity contribution in [1.29, 1.82) is 0 Å². The first kappa shape index (κ1) is 16.2. The quantitative estimate of drug-likeness (QED) is 0.913. The lowest BCUT2D eigenvalue weighted by Crippen LogP contribution is -2.21. The van der Waals surface area contributed by atoms with Crippen LogP contribution in [-0.2, 0) is 0 Å². The van der Waals surface area contributed by atoms with E-state index >= 15 is 0 Å².